The van der Waals surface area contributed by atoms with Gasteiger partial charge < -0.3 is 9.64 Å². The van der Waals surface area contributed by atoms with Crippen molar-refractivity contribution < 1.29 is 14.5 Å². The molecule has 1 atom stereocenters. The normalized spacial score (nSPS) is 18.8. The van der Waals surface area contributed by atoms with E-state index in [0.29, 0.717) is 6.54 Å². The summed E-state index contributed by atoms with van der Waals surface area (Å²) in [5.41, 5.74) is -0.242. The SMILES string of the molecule is CCC(=O)OCCN(c1nc(Cl)ncc1[N+](=O)[O-])C1CCCC1(C)C. The van der Waals surface area contributed by atoms with Crippen LogP contribution < -0.4 is 4.90 Å². The maximum Gasteiger partial charge on any atom is 0.329 e. The Morgan fingerprint density at radius 3 is 2.84 bits per heavy atom. The van der Waals surface area contributed by atoms with Crippen LogP contribution in [-0.2, 0) is 9.53 Å². The molecular formula is C16H23ClN4O4. The van der Waals surface area contributed by atoms with Gasteiger partial charge in [0.15, 0.2) is 0 Å². The van der Waals surface area contributed by atoms with Gasteiger partial charge in [-0.05, 0) is 29.9 Å². The molecule has 0 bridgehead atoms. The van der Waals surface area contributed by atoms with Crippen molar-refractivity contribution in [1.29, 1.82) is 0 Å². The molecule has 0 aliphatic heterocycles. The largest absolute Gasteiger partial charge is 0.464 e. The Hall–Kier alpha value is -1.96. The standard InChI is InChI=1S/C16H23ClN4O4/c1-4-13(22)25-9-8-20(12-6-5-7-16(12,2)3)14-11(21(23)24)10-18-15(17)19-14/h10,12H,4-9H2,1-3H3. The lowest BCUT2D eigenvalue weighted by atomic mass is 9.86. The lowest BCUT2D eigenvalue weighted by Crippen LogP contribution is -2.44. The molecule has 0 saturated heterocycles. The van der Waals surface area contributed by atoms with E-state index < -0.39 is 4.92 Å². The van der Waals surface area contributed by atoms with E-state index in [1.165, 1.54) is 0 Å². The minimum absolute atomic E-state index is 0.0393. The van der Waals surface area contributed by atoms with Crippen LogP contribution >= 0.6 is 11.6 Å². The van der Waals surface area contributed by atoms with Crippen LogP contribution in [-0.4, -0.2) is 40.1 Å². The molecule has 8 nitrogen and oxygen atoms in total. The summed E-state index contributed by atoms with van der Waals surface area (Å²) in [4.78, 5) is 32.0. The number of ether oxygens (including phenoxy) is 1. The Labute approximate surface area is 151 Å². The molecule has 1 aromatic rings. The molecule has 0 spiro atoms. The molecular weight excluding hydrogens is 348 g/mol. The average Bonchev–Trinajstić information content (AvgIpc) is 2.90. The lowest BCUT2D eigenvalue weighted by Gasteiger charge is -2.38. The second-order valence-electron chi connectivity index (χ2n) is 6.77. The number of aromatic nitrogens is 2. The van der Waals surface area contributed by atoms with Crippen LogP contribution in [0.15, 0.2) is 6.20 Å². The molecule has 0 N–H and O–H groups in total. The molecule has 2 rings (SSSR count). The predicted molar refractivity (Wildman–Crippen MR) is 93.7 cm³/mol. The van der Waals surface area contributed by atoms with Gasteiger partial charge in [0.1, 0.15) is 12.8 Å². The van der Waals surface area contributed by atoms with E-state index in [1.807, 2.05) is 4.90 Å². The van der Waals surface area contributed by atoms with E-state index in [9.17, 15) is 14.9 Å². The lowest BCUT2D eigenvalue weighted by molar-refractivity contribution is -0.384. The maximum atomic E-state index is 11.4. The molecule has 0 amide bonds. The highest BCUT2D eigenvalue weighted by Gasteiger charge is 2.41. The molecule has 1 aromatic heterocycles. The quantitative estimate of drug-likeness (QED) is 0.314. The number of hydrogen-bond acceptors (Lipinski definition) is 7. The van der Waals surface area contributed by atoms with Gasteiger partial charge in [-0.3, -0.25) is 14.9 Å². The van der Waals surface area contributed by atoms with Crippen molar-refractivity contribution in [1.82, 2.24) is 9.97 Å². The summed E-state index contributed by atoms with van der Waals surface area (Å²) in [5, 5.41) is 11.4. The van der Waals surface area contributed by atoms with Gasteiger partial charge >= 0.3 is 11.7 Å². The average molecular weight is 371 g/mol. The number of rotatable bonds is 7. The van der Waals surface area contributed by atoms with Crippen molar-refractivity contribution in [2.24, 2.45) is 5.41 Å². The fourth-order valence-electron chi connectivity index (χ4n) is 3.34. The van der Waals surface area contributed by atoms with Gasteiger partial charge in [0.25, 0.3) is 0 Å². The number of esters is 1. The Bertz CT molecular complexity index is 653. The number of carbonyl (C=O) groups is 1. The first kappa shape index (κ1) is 19.4. The van der Waals surface area contributed by atoms with Crippen LogP contribution in [0.5, 0.6) is 0 Å². The van der Waals surface area contributed by atoms with Crippen molar-refractivity contribution >= 4 is 29.1 Å². The molecule has 1 saturated carbocycles. The second-order valence-corrected chi connectivity index (χ2v) is 7.11. The van der Waals surface area contributed by atoms with E-state index in [1.54, 1.807) is 6.92 Å². The summed E-state index contributed by atoms with van der Waals surface area (Å²) >= 11 is 5.89. The highest BCUT2D eigenvalue weighted by atomic mass is 35.5. The predicted octanol–water partition coefficient (Wildman–Crippen LogP) is 3.38. The zero-order chi connectivity index (χ0) is 18.6. The van der Waals surface area contributed by atoms with Crippen molar-refractivity contribution in [3.05, 3.63) is 21.6 Å². The molecule has 1 unspecified atom stereocenters. The Morgan fingerprint density at radius 2 is 2.28 bits per heavy atom. The first-order chi connectivity index (χ1) is 11.8. The Balaban J connectivity index is 2.36. The third kappa shape index (κ3) is 4.56. The minimum atomic E-state index is -0.515. The van der Waals surface area contributed by atoms with E-state index >= 15 is 0 Å². The summed E-state index contributed by atoms with van der Waals surface area (Å²) in [6.07, 6.45) is 4.32. The number of anilines is 1. The second kappa shape index (κ2) is 7.95. The van der Waals surface area contributed by atoms with E-state index in [4.69, 9.17) is 16.3 Å². The van der Waals surface area contributed by atoms with Crippen molar-refractivity contribution in [2.45, 2.75) is 52.5 Å². The smallest absolute Gasteiger partial charge is 0.329 e. The van der Waals surface area contributed by atoms with E-state index in [-0.39, 0.29) is 47.2 Å². The van der Waals surface area contributed by atoms with Crippen LogP contribution in [0, 0.1) is 15.5 Å². The first-order valence-corrected chi connectivity index (χ1v) is 8.73. The highest BCUT2D eigenvalue weighted by molar-refractivity contribution is 6.28. The summed E-state index contributed by atoms with van der Waals surface area (Å²) < 4.78 is 5.17. The number of carbonyl (C=O) groups excluding carboxylic acids is 1. The van der Waals surface area contributed by atoms with Crippen molar-refractivity contribution in [3.8, 4) is 0 Å². The molecule has 1 fully saturated rings. The molecule has 1 heterocycles. The molecule has 138 valence electrons. The van der Waals surface area contributed by atoms with Gasteiger partial charge in [-0.1, -0.05) is 27.2 Å². The van der Waals surface area contributed by atoms with E-state index in [0.717, 1.165) is 25.5 Å². The molecule has 9 heteroatoms. The van der Waals surface area contributed by atoms with E-state index in [2.05, 4.69) is 23.8 Å². The summed E-state index contributed by atoms with van der Waals surface area (Å²) in [6, 6.07) is 0.0393. The van der Waals surface area contributed by atoms with Gasteiger partial charge in [0, 0.05) is 12.5 Å². The highest BCUT2D eigenvalue weighted by Crippen LogP contribution is 2.43. The Morgan fingerprint density at radius 1 is 1.56 bits per heavy atom. The van der Waals surface area contributed by atoms with Crippen LogP contribution in [0.1, 0.15) is 46.5 Å². The van der Waals surface area contributed by atoms with Crippen molar-refractivity contribution in [2.75, 3.05) is 18.1 Å². The van der Waals surface area contributed by atoms with Gasteiger partial charge in [0.2, 0.25) is 11.1 Å². The molecule has 1 aliphatic rings. The van der Waals surface area contributed by atoms with Crippen LogP contribution in [0.25, 0.3) is 0 Å². The molecule has 0 aromatic carbocycles. The summed E-state index contributed by atoms with van der Waals surface area (Å²) in [6.45, 7) is 6.43. The third-order valence-corrected chi connectivity index (χ3v) is 4.83. The summed E-state index contributed by atoms with van der Waals surface area (Å²) in [7, 11) is 0. The first-order valence-electron chi connectivity index (χ1n) is 8.35. The van der Waals surface area contributed by atoms with Gasteiger partial charge in [-0.15, -0.1) is 0 Å². The van der Waals surface area contributed by atoms with Gasteiger partial charge in [-0.2, -0.15) is 4.98 Å². The van der Waals surface area contributed by atoms with Crippen LogP contribution in [0.4, 0.5) is 11.5 Å². The maximum absolute atomic E-state index is 11.4. The van der Waals surface area contributed by atoms with Crippen molar-refractivity contribution in [3.63, 3.8) is 0 Å². The molecule has 25 heavy (non-hydrogen) atoms. The topological polar surface area (TPSA) is 98.5 Å². The number of halogens is 1. The fraction of sp³-hybridized carbons (Fsp3) is 0.688. The van der Waals surface area contributed by atoms with Gasteiger partial charge in [0.05, 0.1) is 11.5 Å². The number of nitro groups is 1. The number of hydrogen-bond donors (Lipinski definition) is 0. The molecule has 1 aliphatic carbocycles. The fourth-order valence-corrected chi connectivity index (χ4v) is 3.47. The van der Waals surface area contributed by atoms with Gasteiger partial charge in [-0.25, -0.2) is 4.98 Å². The van der Waals surface area contributed by atoms with Crippen LogP contribution in [0.2, 0.25) is 5.28 Å². The monoisotopic (exact) mass is 370 g/mol. The van der Waals surface area contributed by atoms with Crippen LogP contribution in [0.3, 0.4) is 0 Å². The Kier molecular flexibility index (Phi) is 6.16. The zero-order valence-electron chi connectivity index (χ0n) is 14.7. The zero-order valence-corrected chi connectivity index (χ0v) is 15.5. The molecule has 0 radical (unpaired) electrons. The third-order valence-electron chi connectivity index (χ3n) is 4.65. The number of nitrogens with zero attached hydrogens (tertiary/aromatic N) is 4. The summed E-state index contributed by atoms with van der Waals surface area (Å²) in [5.74, 6) is -0.127. The minimum Gasteiger partial charge on any atom is -0.464 e.